The molecule has 0 saturated heterocycles. The maximum Gasteiger partial charge on any atom is 0.182 e. The van der Waals surface area contributed by atoms with Gasteiger partial charge in [0, 0.05) is 6.07 Å². The molecule has 0 saturated carbocycles. The first kappa shape index (κ1) is 14.7. The van der Waals surface area contributed by atoms with Gasteiger partial charge < -0.3 is 4.98 Å². The third-order valence-corrected chi connectivity index (χ3v) is 4.59. The molecule has 0 aliphatic heterocycles. The van der Waals surface area contributed by atoms with Crippen LogP contribution in [0.4, 0.5) is 4.39 Å². The fraction of sp³-hybridized carbons (Fsp3) is 0.188. The van der Waals surface area contributed by atoms with E-state index in [1.165, 1.54) is 5.56 Å². The Balaban J connectivity index is 2.33. The number of fused-ring (bicyclic) bond motifs is 1. The largest absolute Gasteiger partial charge is 0.330 e. The molecule has 2 nitrogen and oxygen atoms in total. The topological polar surface area (TPSA) is 20.7 Å². The number of aromatic nitrogens is 2. The van der Waals surface area contributed by atoms with E-state index in [9.17, 15) is 4.39 Å². The predicted octanol–water partition coefficient (Wildman–Crippen LogP) is 5.38. The van der Waals surface area contributed by atoms with Crippen molar-refractivity contribution < 1.29 is 4.39 Å². The molecule has 0 fully saturated rings. The lowest BCUT2D eigenvalue weighted by molar-refractivity contribution is 0.622. The maximum atomic E-state index is 13.9. The number of imidazole rings is 1. The summed E-state index contributed by atoms with van der Waals surface area (Å²) < 4.78 is 17.0. The van der Waals surface area contributed by atoms with Gasteiger partial charge in [-0.25, -0.2) is 4.39 Å². The standard InChI is InChI=1S/C16H14FIN2S/c1-2-5-10-6-3-4-7-14(10)20-15-8-11(17)12(18)9-13(15)19-16(20)21/h3-4,6-9H,2,5H2,1H3,(H,19,21). The van der Waals surface area contributed by atoms with Crippen LogP contribution in [0, 0.1) is 14.2 Å². The zero-order valence-corrected chi connectivity index (χ0v) is 14.5. The van der Waals surface area contributed by atoms with Gasteiger partial charge in [-0.15, -0.1) is 0 Å². The molecule has 0 aliphatic carbocycles. The number of rotatable bonds is 3. The first-order valence-corrected chi connectivity index (χ1v) is 8.28. The van der Waals surface area contributed by atoms with E-state index < -0.39 is 0 Å². The van der Waals surface area contributed by atoms with Crippen LogP contribution in [0.1, 0.15) is 18.9 Å². The number of H-pyrrole nitrogens is 1. The lowest BCUT2D eigenvalue weighted by Crippen LogP contribution is -2.00. The number of halogens is 2. The zero-order valence-electron chi connectivity index (χ0n) is 11.5. The summed E-state index contributed by atoms with van der Waals surface area (Å²) in [5.41, 5.74) is 3.88. The third kappa shape index (κ3) is 2.64. The zero-order chi connectivity index (χ0) is 15.0. The molecule has 0 atom stereocenters. The second kappa shape index (κ2) is 5.88. The average molecular weight is 412 g/mol. The molecule has 0 amide bonds. The molecule has 5 heteroatoms. The van der Waals surface area contributed by atoms with E-state index in [0.29, 0.717) is 8.34 Å². The van der Waals surface area contributed by atoms with Gasteiger partial charge in [0.25, 0.3) is 0 Å². The van der Waals surface area contributed by atoms with Crippen molar-refractivity contribution in [2.45, 2.75) is 19.8 Å². The van der Waals surface area contributed by atoms with Crippen molar-refractivity contribution in [3.8, 4) is 5.69 Å². The normalized spacial score (nSPS) is 11.2. The highest BCUT2D eigenvalue weighted by molar-refractivity contribution is 14.1. The van der Waals surface area contributed by atoms with Crippen molar-refractivity contribution >= 4 is 45.8 Å². The van der Waals surface area contributed by atoms with Gasteiger partial charge in [0.2, 0.25) is 0 Å². The van der Waals surface area contributed by atoms with E-state index >= 15 is 0 Å². The van der Waals surface area contributed by atoms with Gasteiger partial charge >= 0.3 is 0 Å². The molecule has 0 bridgehead atoms. The fourth-order valence-corrected chi connectivity index (χ4v) is 3.32. The Bertz CT molecular complexity index is 866. The lowest BCUT2D eigenvalue weighted by Gasteiger charge is -2.11. The molecule has 3 rings (SSSR count). The summed E-state index contributed by atoms with van der Waals surface area (Å²) in [4.78, 5) is 3.17. The summed E-state index contributed by atoms with van der Waals surface area (Å²) in [7, 11) is 0. The maximum absolute atomic E-state index is 13.9. The van der Waals surface area contributed by atoms with Gasteiger partial charge in [0.05, 0.1) is 20.3 Å². The van der Waals surface area contributed by atoms with Crippen molar-refractivity contribution in [1.29, 1.82) is 0 Å². The molecule has 3 aromatic rings. The van der Waals surface area contributed by atoms with Crippen LogP contribution in [0.2, 0.25) is 0 Å². The minimum absolute atomic E-state index is 0.223. The molecule has 0 unspecified atom stereocenters. The van der Waals surface area contributed by atoms with E-state index in [1.807, 2.05) is 45.4 Å². The van der Waals surface area contributed by atoms with Gasteiger partial charge in [-0.2, -0.15) is 0 Å². The van der Waals surface area contributed by atoms with Gasteiger partial charge in [-0.1, -0.05) is 31.5 Å². The number of nitrogens with one attached hydrogen (secondary N) is 1. The Kier molecular flexibility index (Phi) is 4.12. The molecule has 0 aliphatic rings. The van der Waals surface area contributed by atoms with E-state index in [0.717, 1.165) is 29.6 Å². The van der Waals surface area contributed by atoms with Crippen LogP contribution in [0.25, 0.3) is 16.7 Å². The number of hydrogen-bond donors (Lipinski definition) is 1. The number of aryl methyl sites for hydroxylation is 1. The summed E-state index contributed by atoms with van der Waals surface area (Å²) in [6, 6.07) is 11.5. The fourth-order valence-electron chi connectivity index (χ4n) is 2.55. The van der Waals surface area contributed by atoms with Crippen LogP contribution in [-0.4, -0.2) is 9.55 Å². The van der Waals surface area contributed by atoms with E-state index in [4.69, 9.17) is 12.2 Å². The monoisotopic (exact) mass is 412 g/mol. The number of aromatic amines is 1. The van der Waals surface area contributed by atoms with Crippen molar-refractivity contribution in [2.24, 2.45) is 0 Å². The second-order valence-corrected chi connectivity index (χ2v) is 6.48. The molecule has 21 heavy (non-hydrogen) atoms. The number of para-hydroxylation sites is 1. The van der Waals surface area contributed by atoms with Crippen LogP contribution in [0.3, 0.4) is 0 Å². The first-order chi connectivity index (χ1) is 10.1. The molecule has 1 N–H and O–H groups in total. The molecule has 0 radical (unpaired) electrons. The average Bonchev–Trinajstić information content (AvgIpc) is 2.76. The number of benzene rings is 2. The Morgan fingerprint density at radius 1 is 1.29 bits per heavy atom. The molecule has 1 aromatic heterocycles. The highest BCUT2D eigenvalue weighted by atomic mass is 127. The molecule has 2 aromatic carbocycles. The van der Waals surface area contributed by atoms with Crippen LogP contribution < -0.4 is 0 Å². The van der Waals surface area contributed by atoms with Crippen molar-refractivity contribution in [3.63, 3.8) is 0 Å². The minimum atomic E-state index is -0.223. The molecule has 1 heterocycles. The van der Waals surface area contributed by atoms with E-state index in [2.05, 4.69) is 18.0 Å². The molecule has 0 spiro atoms. The van der Waals surface area contributed by atoms with Crippen molar-refractivity contribution in [1.82, 2.24) is 9.55 Å². The van der Waals surface area contributed by atoms with E-state index in [1.54, 1.807) is 12.1 Å². The van der Waals surface area contributed by atoms with Crippen molar-refractivity contribution in [2.75, 3.05) is 0 Å². The van der Waals surface area contributed by atoms with Gasteiger partial charge in [-0.3, -0.25) is 4.57 Å². The summed E-state index contributed by atoms with van der Waals surface area (Å²) in [5, 5.41) is 0. The van der Waals surface area contributed by atoms with Gasteiger partial charge in [0.15, 0.2) is 4.77 Å². The lowest BCUT2D eigenvalue weighted by atomic mass is 10.1. The highest BCUT2D eigenvalue weighted by Gasteiger charge is 2.12. The quantitative estimate of drug-likeness (QED) is 0.452. The van der Waals surface area contributed by atoms with Crippen LogP contribution in [-0.2, 0) is 6.42 Å². The minimum Gasteiger partial charge on any atom is -0.330 e. The Hall–Kier alpha value is -1.21. The van der Waals surface area contributed by atoms with Crippen molar-refractivity contribution in [3.05, 3.63) is 56.1 Å². The predicted molar refractivity (Wildman–Crippen MR) is 95.1 cm³/mol. The van der Waals surface area contributed by atoms with Gasteiger partial charge in [0.1, 0.15) is 5.82 Å². The first-order valence-electron chi connectivity index (χ1n) is 6.80. The molecular formula is C16H14FIN2S. The Morgan fingerprint density at radius 2 is 2.05 bits per heavy atom. The highest BCUT2D eigenvalue weighted by Crippen LogP contribution is 2.26. The SMILES string of the molecule is CCCc1ccccc1-n1c(=S)[nH]c2cc(I)c(F)cc21. The molecular weight excluding hydrogens is 398 g/mol. The Labute approximate surface area is 141 Å². The number of nitrogens with zero attached hydrogens (tertiary/aromatic N) is 1. The number of hydrogen-bond acceptors (Lipinski definition) is 1. The third-order valence-electron chi connectivity index (χ3n) is 3.48. The van der Waals surface area contributed by atoms with Crippen LogP contribution in [0.5, 0.6) is 0 Å². The van der Waals surface area contributed by atoms with Crippen LogP contribution in [0.15, 0.2) is 36.4 Å². The molecule has 108 valence electrons. The van der Waals surface area contributed by atoms with Crippen LogP contribution >= 0.6 is 34.8 Å². The second-order valence-electron chi connectivity index (χ2n) is 4.93. The summed E-state index contributed by atoms with van der Waals surface area (Å²) in [6.07, 6.45) is 2.02. The Morgan fingerprint density at radius 3 is 2.81 bits per heavy atom. The summed E-state index contributed by atoms with van der Waals surface area (Å²) in [6.45, 7) is 2.15. The summed E-state index contributed by atoms with van der Waals surface area (Å²) >= 11 is 7.44. The summed E-state index contributed by atoms with van der Waals surface area (Å²) in [5.74, 6) is -0.223. The van der Waals surface area contributed by atoms with E-state index in [-0.39, 0.29) is 5.82 Å². The van der Waals surface area contributed by atoms with Gasteiger partial charge in [-0.05, 0) is 58.9 Å². The smallest absolute Gasteiger partial charge is 0.182 e.